The zero-order chi connectivity index (χ0) is 28.1. The molecule has 10 N–H and O–H groups in total. The van der Waals surface area contributed by atoms with Gasteiger partial charge in [0.15, 0.2) is 5.96 Å². The molecule has 0 aliphatic carbocycles. The maximum atomic E-state index is 13.5. The van der Waals surface area contributed by atoms with E-state index in [0.717, 1.165) is 5.56 Å². The molecular formula is C26H42N8O4. The number of benzene rings is 1. The molecule has 1 unspecified atom stereocenters. The van der Waals surface area contributed by atoms with Crippen LogP contribution < -0.4 is 33.6 Å². The summed E-state index contributed by atoms with van der Waals surface area (Å²) in [6.07, 6.45) is 3.57. The molecule has 38 heavy (non-hydrogen) atoms. The quantitative estimate of drug-likeness (QED) is 0.0968. The predicted molar refractivity (Wildman–Crippen MR) is 145 cm³/mol. The number of unbranched alkanes of at least 4 members (excludes halogenated alkanes) is 1. The summed E-state index contributed by atoms with van der Waals surface area (Å²) in [6, 6.07) is 7.48. The number of hydrogen-bond donors (Lipinski definition) is 6. The van der Waals surface area contributed by atoms with Crippen molar-refractivity contribution < 1.29 is 19.2 Å². The number of carbonyl (C=O) groups excluding carboxylic acids is 4. The largest absolute Gasteiger partial charge is 0.370 e. The van der Waals surface area contributed by atoms with E-state index < -0.39 is 35.3 Å². The number of rotatable bonds is 15. The number of aliphatic imine (C=N–C) groups is 1. The van der Waals surface area contributed by atoms with Crippen molar-refractivity contribution in [2.24, 2.45) is 27.9 Å². The first-order chi connectivity index (χ1) is 18.1. The lowest BCUT2D eigenvalue weighted by molar-refractivity contribution is -0.145. The van der Waals surface area contributed by atoms with Gasteiger partial charge in [0.1, 0.15) is 17.6 Å². The van der Waals surface area contributed by atoms with Crippen LogP contribution in [0.1, 0.15) is 57.4 Å². The van der Waals surface area contributed by atoms with Crippen LogP contribution in [0.3, 0.4) is 0 Å². The van der Waals surface area contributed by atoms with Gasteiger partial charge in [-0.25, -0.2) is 0 Å². The summed E-state index contributed by atoms with van der Waals surface area (Å²) in [5.74, 6) is -1.85. The smallest absolute Gasteiger partial charge is 0.246 e. The van der Waals surface area contributed by atoms with Crippen LogP contribution in [-0.4, -0.2) is 71.7 Å². The zero-order valence-electron chi connectivity index (χ0n) is 22.2. The van der Waals surface area contributed by atoms with Crippen molar-refractivity contribution in [3.05, 3.63) is 35.9 Å². The lowest BCUT2D eigenvalue weighted by Crippen LogP contribution is -2.60. The van der Waals surface area contributed by atoms with Crippen molar-refractivity contribution in [2.75, 3.05) is 19.6 Å². The van der Waals surface area contributed by atoms with Crippen molar-refractivity contribution in [1.82, 2.24) is 15.5 Å². The van der Waals surface area contributed by atoms with Gasteiger partial charge in [-0.05, 0) is 64.0 Å². The molecule has 0 aromatic heterocycles. The van der Waals surface area contributed by atoms with Crippen LogP contribution in [0.2, 0.25) is 0 Å². The fraction of sp³-hybridized carbons (Fsp3) is 0.577. The van der Waals surface area contributed by atoms with Gasteiger partial charge in [0.25, 0.3) is 0 Å². The Labute approximate surface area is 223 Å². The number of amides is 4. The molecule has 1 heterocycles. The third-order valence-corrected chi connectivity index (χ3v) is 6.80. The third-order valence-electron chi connectivity index (χ3n) is 6.80. The highest BCUT2D eigenvalue weighted by atomic mass is 16.2. The van der Waals surface area contributed by atoms with Crippen molar-refractivity contribution in [3.8, 4) is 0 Å². The molecule has 12 nitrogen and oxygen atoms in total. The Balaban J connectivity index is 2.11. The lowest BCUT2D eigenvalue weighted by atomic mass is 9.95. The number of primary amides is 1. The number of likely N-dealkylation sites (tertiary alicyclic amines) is 1. The molecule has 4 amide bonds. The van der Waals surface area contributed by atoms with Crippen LogP contribution in [0.15, 0.2) is 35.3 Å². The van der Waals surface area contributed by atoms with E-state index in [2.05, 4.69) is 15.6 Å². The monoisotopic (exact) mass is 530 g/mol. The summed E-state index contributed by atoms with van der Waals surface area (Å²) >= 11 is 0. The maximum Gasteiger partial charge on any atom is 0.246 e. The minimum absolute atomic E-state index is 0.0657. The van der Waals surface area contributed by atoms with E-state index in [4.69, 9.17) is 22.9 Å². The van der Waals surface area contributed by atoms with Gasteiger partial charge in [-0.1, -0.05) is 30.3 Å². The molecule has 0 saturated carbocycles. The van der Waals surface area contributed by atoms with Crippen LogP contribution >= 0.6 is 0 Å². The number of nitrogens with one attached hydrogen (secondary N) is 2. The van der Waals surface area contributed by atoms with Gasteiger partial charge < -0.3 is 38.5 Å². The normalized spacial score (nSPS) is 18.3. The van der Waals surface area contributed by atoms with Crippen molar-refractivity contribution in [1.29, 1.82) is 0 Å². The van der Waals surface area contributed by atoms with Crippen LogP contribution in [-0.2, 0) is 25.6 Å². The summed E-state index contributed by atoms with van der Waals surface area (Å²) in [6.45, 7) is 2.91. The second-order valence-corrected chi connectivity index (χ2v) is 9.81. The Morgan fingerprint density at radius 2 is 1.68 bits per heavy atom. The minimum Gasteiger partial charge on any atom is -0.370 e. The highest BCUT2D eigenvalue weighted by Crippen LogP contribution is 2.30. The van der Waals surface area contributed by atoms with Crippen LogP contribution in [0.4, 0.5) is 0 Å². The molecule has 0 spiro atoms. The van der Waals surface area contributed by atoms with E-state index in [9.17, 15) is 19.2 Å². The maximum absolute atomic E-state index is 13.5. The van der Waals surface area contributed by atoms with E-state index in [1.165, 1.54) is 0 Å². The van der Waals surface area contributed by atoms with Crippen molar-refractivity contribution >= 4 is 29.6 Å². The highest BCUT2D eigenvalue weighted by Gasteiger charge is 2.46. The van der Waals surface area contributed by atoms with Gasteiger partial charge in [-0.2, -0.15) is 0 Å². The van der Waals surface area contributed by atoms with Gasteiger partial charge in [-0.15, -0.1) is 0 Å². The van der Waals surface area contributed by atoms with Crippen molar-refractivity contribution in [3.63, 3.8) is 0 Å². The summed E-state index contributed by atoms with van der Waals surface area (Å²) in [5, 5.41) is 5.50. The highest BCUT2D eigenvalue weighted by molar-refractivity contribution is 5.96. The van der Waals surface area contributed by atoms with E-state index in [1.54, 1.807) is 11.8 Å². The molecule has 1 aromatic carbocycles. The molecule has 1 saturated heterocycles. The van der Waals surface area contributed by atoms with Gasteiger partial charge >= 0.3 is 0 Å². The third kappa shape index (κ3) is 9.02. The molecule has 1 aromatic rings. The average Bonchev–Trinajstić information content (AvgIpc) is 3.28. The Bertz CT molecular complexity index is 983. The lowest BCUT2D eigenvalue weighted by Gasteiger charge is -2.35. The fourth-order valence-electron chi connectivity index (χ4n) is 4.60. The van der Waals surface area contributed by atoms with Gasteiger partial charge in [0.05, 0.1) is 6.42 Å². The number of guanidine groups is 1. The first-order valence-corrected chi connectivity index (χ1v) is 13.1. The summed E-state index contributed by atoms with van der Waals surface area (Å²) < 4.78 is 0. The van der Waals surface area contributed by atoms with E-state index in [-0.39, 0.29) is 31.3 Å². The summed E-state index contributed by atoms with van der Waals surface area (Å²) in [4.78, 5) is 57.3. The Kier molecular flexibility index (Phi) is 12.0. The number of nitrogens with two attached hydrogens (primary N) is 4. The number of carbonyl (C=O) groups is 4. The molecule has 0 bridgehead atoms. The fourth-order valence-corrected chi connectivity index (χ4v) is 4.60. The first kappa shape index (κ1) is 30.6. The summed E-state index contributed by atoms with van der Waals surface area (Å²) in [7, 11) is 0. The molecule has 0 radical (unpaired) electrons. The minimum atomic E-state index is -1.10. The number of nitrogens with zero attached hydrogens (tertiary/aromatic N) is 2. The Hall–Kier alpha value is -3.67. The first-order valence-electron chi connectivity index (χ1n) is 13.1. The van der Waals surface area contributed by atoms with E-state index in [1.807, 2.05) is 30.3 Å². The molecule has 1 fully saturated rings. The molecule has 1 aliphatic heterocycles. The van der Waals surface area contributed by atoms with Crippen LogP contribution in [0.25, 0.3) is 0 Å². The molecule has 12 heteroatoms. The van der Waals surface area contributed by atoms with Gasteiger partial charge in [0.2, 0.25) is 23.6 Å². The topological polar surface area (TPSA) is 212 Å². The molecule has 3 atom stereocenters. The Morgan fingerprint density at radius 3 is 2.32 bits per heavy atom. The standard InChI is InChI=1S/C26H42N8O4/c1-26(13-8-16-34(26)21(35)17-18-9-3-2-4-10-18)24(38)33-20(11-5-6-14-27)23(37)32-19(22(28)36)12-7-15-31-25(29)30/h2-4,9-10,19-20H,5-8,11-17,27H2,1H3,(H2,28,36)(H,32,37)(H,33,38)(H4,29,30,31)/t19-,20-,26?/m0/s1. The Morgan fingerprint density at radius 1 is 1.00 bits per heavy atom. The van der Waals surface area contributed by atoms with E-state index >= 15 is 0 Å². The van der Waals surface area contributed by atoms with Gasteiger partial charge in [-0.3, -0.25) is 24.2 Å². The van der Waals surface area contributed by atoms with Crippen LogP contribution in [0, 0.1) is 0 Å². The van der Waals surface area contributed by atoms with Gasteiger partial charge in [0, 0.05) is 13.1 Å². The molecular weight excluding hydrogens is 488 g/mol. The van der Waals surface area contributed by atoms with Crippen LogP contribution in [0.5, 0.6) is 0 Å². The second kappa shape index (κ2) is 14.9. The zero-order valence-corrected chi connectivity index (χ0v) is 22.2. The average molecular weight is 531 g/mol. The number of hydrogen-bond acceptors (Lipinski definition) is 6. The second-order valence-electron chi connectivity index (χ2n) is 9.81. The van der Waals surface area contributed by atoms with Crippen molar-refractivity contribution in [2.45, 2.75) is 75.9 Å². The SMILES string of the molecule is CC1(C(=O)N[C@@H](CCCCN)C(=O)N[C@@H](CCCN=C(N)N)C(N)=O)CCCN1C(=O)Cc1ccccc1. The molecule has 2 rings (SSSR count). The predicted octanol–water partition coefficient (Wildman–Crippen LogP) is -0.752. The molecule has 1 aliphatic rings. The van der Waals surface area contributed by atoms with E-state index in [0.29, 0.717) is 51.6 Å². The summed E-state index contributed by atoms with van der Waals surface area (Å²) in [5.41, 5.74) is 21.5. The molecule has 210 valence electrons.